The molecule has 0 aliphatic heterocycles. The van der Waals surface area contributed by atoms with E-state index in [9.17, 15) is 4.79 Å². The fraction of sp³-hybridized carbons (Fsp3) is 0.923. The van der Waals surface area contributed by atoms with E-state index < -0.39 is 0 Å². The van der Waals surface area contributed by atoms with Crippen LogP contribution in [0, 0.1) is 23.7 Å². The van der Waals surface area contributed by atoms with Gasteiger partial charge in [0.1, 0.15) is 0 Å². The molecule has 0 radical (unpaired) electrons. The van der Waals surface area contributed by atoms with Gasteiger partial charge in [-0.1, -0.05) is 19.8 Å². The summed E-state index contributed by atoms with van der Waals surface area (Å²) in [6, 6.07) is 0.208. The number of hydrogen-bond acceptors (Lipinski definition) is 2. The summed E-state index contributed by atoms with van der Waals surface area (Å²) in [4.78, 5) is 12.1. The number of carbonyl (C=O) groups excluding carboxylic acids is 1. The van der Waals surface area contributed by atoms with Gasteiger partial charge in [-0.2, -0.15) is 0 Å². The summed E-state index contributed by atoms with van der Waals surface area (Å²) in [6.45, 7) is 4.78. The smallest absolute Gasteiger partial charge is 0.223 e. The quantitative estimate of drug-likeness (QED) is 0.760. The summed E-state index contributed by atoms with van der Waals surface area (Å²) in [5.74, 6) is 2.38. The van der Waals surface area contributed by atoms with E-state index in [1.54, 1.807) is 0 Å². The van der Waals surface area contributed by atoms with Crippen LogP contribution in [0.1, 0.15) is 39.5 Å². The van der Waals surface area contributed by atoms with Crippen LogP contribution in [0.25, 0.3) is 0 Å². The van der Waals surface area contributed by atoms with E-state index in [-0.39, 0.29) is 11.9 Å². The largest absolute Gasteiger partial charge is 0.353 e. The molecule has 0 spiro atoms. The van der Waals surface area contributed by atoms with E-state index in [1.807, 2.05) is 0 Å². The summed E-state index contributed by atoms with van der Waals surface area (Å²) in [5, 5.41) is 3.13. The molecule has 0 aromatic rings. The van der Waals surface area contributed by atoms with Gasteiger partial charge in [-0.3, -0.25) is 4.79 Å². The van der Waals surface area contributed by atoms with Gasteiger partial charge in [0, 0.05) is 12.0 Å². The van der Waals surface area contributed by atoms with Gasteiger partial charge < -0.3 is 11.1 Å². The Hall–Kier alpha value is -0.570. The minimum atomic E-state index is 0.208. The Kier molecular flexibility index (Phi) is 3.53. The maximum Gasteiger partial charge on any atom is 0.223 e. The van der Waals surface area contributed by atoms with Crippen molar-refractivity contribution in [1.29, 1.82) is 0 Å². The highest BCUT2D eigenvalue weighted by molar-refractivity contribution is 5.82. The van der Waals surface area contributed by atoms with Crippen molar-refractivity contribution in [2.45, 2.75) is 45.6 Å². The zero-order chi connectivity index (χ0) is 11.7. The number of nitrogens with two attached hydrogens (primary N) is 1. The number of rotatable bonds is 4. The highest BCUT2D eigenvalue weighted by atomic mass is 16.2. The maximum atomic E-state index is 12.1. The third-order valence-electron chi connectivity index (χ3n) is 4.55. The highest BCUT2D eigenvalue weighted by Crippen LogP contribution is 2.55. The van der Waals surface area contributed by atoms with Crippen molar-refractivity contribution in [2.24, 2.45) is 29.4 Å². The molecule has 2 saturated carbocycles. The zero-order valence-electron chi connectivity index (χ0n) is 10.4. The molecule has 3 nitrogen and oxygen atoms in total. The van der Waals surface area contributed by atoms with Crippen molar-refractivity contribution in [3.63, 3.8) is 0 Å². The molecule has 1 amide bonds. The lowest BCUT2D eigenvalue weighted by Crippen LogP contribution is -2.40. The normalized spacial score (nSPS) is 36.1. The average Bonchev–Trinajstić information content (AvgIpc) is 3.01. The van der Waals surface area contributed by atoms with Crippen LogP contribution >= 0.6 is 0 Å². The van der Waals surface area contributed by atoms with Crippen molar-refractivity contribution in [1.82, 2.24) is 5.32 Å². The third-order valence-corrected chi connectivity index (χ3v) is 4.55. The Morgan fingerprint density at radius 1 is 1.31 bits per heavy atom. The standard InChI is InChI=1S/C13H24N2O/c1-8(7-14)9(2)15-13(16)12-10-5-3-4-6-11(10)12/h8-12H,3-7,14H2,1-2H3,(H,15,16). The molecule has 2 aliphatic rings. The predicted molar refractivity (Wildman–Crippen MR) is 64.8 cm³/mol. The van der Waals surface area contributed by atoms with Crippen LogP contribution in [0.2, 0.25) is 0 Å². The van der Waals surface area contributed by atoms with E-state index in [2.05, 4.69) is 19.2 Å². The van der Waals surface area contributed by atoms with E-state index in [0.717, 1.165) is 0 Å². The number of hydrogen-bond donors (Lipinski definition) is 2. The second kappa shape index (κ2) is 4.74. The lowest BCUT2D eigenvalue weighted by Gasteiger charge is -2.19. The number of carbonyl (C=O) groups is 1. The summed E-state index contributed by atoms with van der Waals surface area (Å²) in [6.07, 6.45) is 5.17. The fourth-order valence-corrected chi connectivity index (χ4v) is 3.05. The molecule has 2 rings (SSSR count). The Morgan fingerprint density at radius 2 is 1.88 bits per heavy atom. The van der Waals surface area contributed by atoms with Gasteiger partial charge in [-0.25, -0.2) is 0 Å². The van der Waals surface area contributed by atoms with E-state index >= 15 is 0 Å². The molecule has 2 aliphatic carbocycles. The third kappa shape index (κ3) is 2.24. The molecule has 4 unspecified atom stereocenters. The first-order chi connectivity index (χ1) is 7.65. The Morgan fingerprint density at radius 3 is 2.38 bits per heavy atom. The second-order valence-electron chi connectivity index (χ2n) is 5.65. The molecule has 3 heteroatoms. The molecular weight excluding hydrogens is 200 g/mol. The van der Waals surface area contributed by atoms with Gasteiger partial charge >= 0.3 is 0 Å². The molecular formula is C13H24N2O. The van der Waals surface area contributed by atoms with Gasteiger partial charge in [-0.15, -0.1) is 0 Å². The molecule has 0 aromatic heterocycles. The minimum Gasteiger partial charge on any atom is -0.353 e. The molecule has 0 saturated heterocycles. The van der Waals surface area contributed by atoms with Crippen LogP contribution in [0.4, 0.5) is 0 Å². The lowest BCUT2D eigenvalue weighted by atomic mass is 10.0. The van der Waals surface area contributed by atoms with Crippen LogP contribution in [0.15, 0.2) is 0 Å². The van der Waals surface area contributed by atoms with Crippen LogP contribution in [-0.4, -0.2) is 18.5 Å². The Balaban J connectivity index is 1.81. The molecule has 2 fully saturated rings. The number of nitrogens with one attached hydrogen (secondary N) is 1. The van der Waals surface area contributed by atoms with E-state index in [1.165, 1.54) is 25.7 Å². The summed E-state index contributed by atoms with van der Waals surface area (Å²) in [7, 11) is 0. The van der Waals surface area contributed by atoms with Crippen molar-refractivity contribution in [3.05, 3.63) is 0 Å². The molecule has 4 atom stereocenters. The van der Waals surface area contributed by atoms with Gasteiger partial charge in [0.25, 0.3) is 0 Å². The maximum absolute atomic E-state index is 12.1. The fourth-order valence-electron chi connectivity index (χ4n) is 3.05. The first-order valence-corrected chi connectivity index (χ1v) is 6.65. The Bertz CT molecular complexity index is 255. The van der Waals surface area contributed by atoms with Crippen molar-refractivity contribution in [2.75, 3.05) is 6.54 Å². The molecule has 0 heterocycles. The van der Waals surface area contributed by atoms with Crippen LogP contribution in [-0.2, 0) is 4.79 Å². The average molecular weight is 224 g/mol. The first kappa shape index (κ1) is 11.9. The van der Waals surface area contributed by atoms with Crippen molar-refractivity contribution in [3.8, 4) is 0 Å². The SMILES string of the molecule is CC(CN)C(C)NC(=O)C1C2CCCCC21. The zero-order valence-corrected chi connectivity index (χ0v) is 10.4. The summed E-state index contributed by atoms with van der Waals surface area (Å²) < 4.78 is 0. The highest BCUT2D eigenvalue weighted by Gasteiger charge is 2.54. The summed E-state index contributed by atoms with van der Waals surface area (Å²) in [5.41, 5.74) is 5.61. The predicted octanol–water partition coefficient (Wildman–Crippen LogP) is 1.52. The lowest BCUT2D eigenvalue weighted by molar-refractivity contribution is -0.123. The van der Waals surface area contributed by atoms with Gasteiger partial charge in [-0.05, 0) is 44.1 Å². The molecule has 3 N–H and O–H groups in total. The Labute approximate surface area is 98.2 Å². The monoisotopic (exact) mass is 224 g/mol. The van der Waals surface area contributed by atoms with Crippen molar-refractivity contribution < 1.29 is 4.79 Å². The van der Waals surface area contributed by atoms with Crippen LogP contribution < -0.4 is 11.1 Å². The van der Waals surface area contributed by atoms with E-state index in [0.29, 0.717) is 30.2 Å². The van der Waals surface area contributed by atoms with Crippen LogP contribution in [0.5, 0.6) is 0 Å². The van der Waals surface area contributed by atoms with Crippen molar-refractivity contribution >= 4 is 5.91 Å². The number of amides is 1. The number of fused-ring (bicyclic) bond motifs is 1. The van der Waals surface area contributed by atoms with Gasteiger partial charge in [0.2, 0.25) is 5.91 Å². The first-order valence-electron chi connectivity index (χ1n) is 6.65. The molecule has 16 heavy (non-hydrogen) atoms. The minimum absolute atomic E-state index is 0.208. The molecule has 92 valence electrons. The second-order valence-corrected chi connectivity index (χ2v) is 5.65. The van der Waals surface area contributed by atoms with Crippen LogP contribution in [0.3, 0.4) is 0 Å². The summed E-state index contributed by atoms with van der Waals surface area (Å²) >= 11 is 0. The molecule has 0 aromatic carbocycles. The van der Waals surface area contributed by atoms with Gasteiger partial charge in [0.05, 0.1) is 0 Å². The van der Waals surface area contributed by atoms with E-state index in [4.69, 9.17) is 5.73 Å². The van der Waals surface area contributed by atoms with Gasteiger partial charge in [0.15, 0.2) is 0 Å². The molecule has 0 bridgehead atoms. The topological polar surface area (TPSA) is 55.1 Å².